The van der Waals surface area contributed by atoms with Crippen LogP contribution in [0, 0.1) is 0 Å². The summed E-state index contributed by atoms with van der Waals surface area (Å²) in [5, 5.41) is 3.17. The fraction of sp³-hybridized carbons (Fsp3) is 0.211. The molecule has 0 spiro atoms. The number of nitrogens with two attached hydrogens (primary N) is 1. The number of hydrogen-bond donors (Lipinski definition) is 3. The number of carbonyl (C=O) groups excluding carboxylic acids is 2. The van der Waals surface area contributed by atoms with Crippen molar-refractivity contribution in [3.63, 3.8) is 0 Å². The average molecular weight is 450 g/mol. The van der Waals surface area contributed by atoms with Crippen LogP contribution in [-0.2, 0) is 21.4 Å². The number of carbonyl (C=O) groups is 2. The number of amides is 2. The SMILES string of the molecule is CCn1c(NC(=O)C(C)NS(=O)(=O)c2ccc(C(N)=O)cc2)nc2cc(Cl)ccc21. The van der Waals surface area contributed by atoms with Gasteiger partial charge in [-0.1, -0.05) is 11.6 Å². The molecule has 0 aliphatic rings. The number of aromatic nitrogens is 2. The lowest BCUT2D eigenvalue weighted by Gasteiger charge is -2.15. The molecule has 0 aliphatic carbocycles. The Bertz CT molecular complexity index is 1220. The van der Waals surface area contributed by atoms with Gasteiger partial charge in [-0.2, -0.15) is 4.72 Å². The maximum Gasteiger partial charge on any atom is 0.248 e. The number of nitrogens with zero attached hydrogens (tertiary/aromatic N) is 2. The predicted octanol–water partition coefficient (Wildman–Crippen LogP) is 2.11. The maximum absolute atomic E-state index is 12.6. The first-order valence-corrected chi connectivity index (χ1v) is 10.9. The third-order valence-electron chi connectivity index (χ3n) is 4.44. The summed E-state index contributed by atoms with van der Waals surface area (Å²) in [5.74, 6) is -0.959. The van der Waals surface area contributed by atoms with Crippen LogP contribution in [0.25, 0.3) is 11.0 Å². The van der Waals surface area contributed by atoms with Crippen LogP contribution in [0.15, 0.2) is 47.4 Å². The summed E-state index contributed by atoms with van der Waals surface area (Å²) in [4.78, 5) is 28.0. The van der Waals surface area contributed by atoms with Crippen molar-refractivity contribution in [1.29, 1.82) is 0 Å². The Balaban J connectivity index is 1.77. The number of halogens is 1. The van der Waals surface area contributed by atoms with Crippen molar-refractivity contribution in [2.75, 3.05) is 5.32 Å². The lowest BCUT2D eigenvalue weighted by atomic mass is 10.2. The first-order chi connectivity index (χ1) is 14.1. The lowest BCUT2D eigenvalue weighted by Crippen LogP contribution is -2.41. The summed E-state index contributed by atoms with van der Waals surface area (Å²) >= 11 is 6.00. The summed E-state index contributed by atoms with van der Waals surface area (Å²) in [5.41, 5.74) is 6.74. The molecule has 1 heterocycles. The number of imidazole rings is 1. The molecule has 2 aromatic carbocycles. The summed E-state index contributed by atoms with van der Waals surface area (Å²) in [6.07, 6.45) is 0. The highest BCUT2D eigenvalue weighted by Gasteiger charge is 2.24. The van der Waals surface area contributed by atoms with E-state index in [2.05, 4.69) is 15.0 Å². The monoisotopic (exact) mass is 449 g/mol. The van der Waals surface area contributed by atoms with Gasteiger partial charge in [-0.05, 0) is 56.3 Å². The zero-order valence-electron chi connectivity index (χ0n) is 16.2. The molecule has 0 aliphatic heterocycles. The first-order valence-electron chi connectivity index (χ1n) is 9.01. The fourth-order valence-corrected chi connectivity index (χ4v) is 4.26. The number of hydrogen-bond acceptors (Lipinski definition) is 5. The van der Waals surface area contributed by atoms with Crippen molar-refractivity contribution in [1.82, 2.24) is 14.3 Å². The van der Waals surface area contributed by atoms with Gasteiger partial charge in [0.05, 0.1) is 22.0 Å². The molecule has 3 rings (SSSR count). The number of primary amides is 1. The van der Waals surface area contributed by atoms with Gasteiger partial charge in [0.15, 0.2) is 0 Å². The molecule has 0 fully saturated rings. The molecule has 1 atom stereocenters. The Hall–Kier alpha value is -2.95. The molecule has 3 aromatic rings. The maximum atomic E-state index is 12.6. The fourth-order valence-electron chi connectivity index (χ4n) is 2.89. The van der Waals surface area contributed by atoms with Gasteiger partial charge < -0.3 is 10.3 Å². The van der Waals surface area contributed by atoms with Crippen LogP contribution < -0.4 is 15.8 Å². The van der Waals surface area contributed by atoms with Crippen molar-refractivity contribution >= 4 is 50.4 Å². The molecule has 11 heteroatoms. The van der Waals surface area contributed by atoms with E-state index in [1.54, 1.807) is 22.8 Å². The average Bonchev–Trinajstić information content (AvgIpc) is 3.03. The second-order valence-electron chi connectivity index (χ2n) is 6.53. The van der Waals surface area contributed by atoms with E-state index in [1.165, 1.54) is 31.2 Å². The summed E-state index contributed by atoms with van der Waals surface area (Å²) in [6.45, 7) is 3.85. The highest BCUT2D eigenvalue weighted by molar-refractivity contribution is 7.89. The van der Waals surface area contributed by atoms with Crippen molar-refractivity contribution in [3.05, 3.63) is 53.1 Å². The van der Waals surface area contributed by atoms with E-state index >= 15 is 0 Å². The molecule has 9 nitrogen and oxygen atoms in total. The van der Waals surface area contributed by atoms with Gasteiger partial charge in [-0.25, -0.2) is 13.4 Å². The highest BCUT2D eigenvalue weighted by Crippen LogP contribution is 2.23. The van der Waals surface area contributed by atoms with Crippen LogP contribution in [0.1, 0.15) is 24.2 Å². The van der Waals surface area contributed by atoms with E-state index in [0.717, 1.165) is 5.52 Å². The highest BCUT2D eigenvalue weighted by atomic mass is 35.5. The van der Waals surface area contributed by atoms with Crippen LogP contribution in [0.4, 0.5) is 5.95 Å². The molecule has 4 N–H and O–H groups in total. The van der Waals surface area contributed by atoms with Gasteiger partial charge in [-0.15, -0.1) is 0 Å². The zero-order chi connectivity index (χ0) is 22.1. The number of aryl methyl sites for hydroxylation is 1. The number of anilines is 1. The van der Waals surface area contributed by atoms with Crippen molar-refractivity contribution in [2.45, 2.75) is 31.3 Å². The van der Waals surface area contributed by atoms with Gasteiger partial charge >= 0.3 is 0 Å². The van der Waals surface area contributed by atoms with Crippen molar-refractivity contribution in [2.24, 2.45) is 5.73 Å². The largest absolute Gasteiger partial charge is 0.366 e. The Morgan fingerprint density at radius 3 is 2.47 bits per heavy atom. The quantitative estimate of drug-likeness (QED) is 0.507. The van der Waals surface area contributed by atoms with E-state index in [-0.39, 0.29) is 16.4 Å². The third kappa shape index (κ3) is 4.45. The Labute approximate surface area is 178 Å². The van der Waals surface area contributed by atoms with Gasteiger partial charge in [0.1, 0.15) is 0 Å². The normalized spacial score (nSPS) is 12.6. The minimum absolute atomic E-state index is 0.0948. The van der Waals surface area contributed by atoms with Gasteiger partial charge in [-0.3, -0.25) is 14.9 Å². The van der Waals surface area contributed by atoms with E-state index < -0.39 is 27.9 Å². The van der Waals surface area contributed by atoms with Crippen molar-refractivity contribution in [3.8, 4) is 0 Å². The van der Waals surface area contributed by atoms with E-state index in [9.17, 15) is 18.0 Å². The standard InChI is InChI=1S/C19H20ClN5O4S/c1-3-25-16-9-6-13(20)10-15(16)22-19(25)23-18(27)11(2)24-30(28,29)14-7-4-12(5-8-14)17(21)26/h4-11,24H,3H2,1-2H3,(H2,21,26)(H,22,23,27). The molecular formula is C19H20ClN5O4S. The van der Waals surface area contributed by atoms with E-state index in [4.69, 9.17) is 17.3 Å². The summed E-state index contributed by atoms with van der Waals surface area (Å²) in [7, 11) is -3.99. The number of fused-ring (bicyclic) bond motifs is 1. The molecule has 30 heavy (non-hydrogen) atoms. The predicted molar refractivity (Wildman–Crippen MR) is 114 cm³/mol. The number of benzene rings is 2. The Kier molecular flexibility index (Phi) is 6.11. The molecule has 0 saturated carbocycles. The Morgan fingerprint density at radius 1 is 1.20 bits per heavy atom. The second kappa shape index (κ2) is 8.42. The molecule has 158 valence electrons. The molecule has 0 saturated heterocycles. The molecular weight excluding hydrogens is 430 g/mol. The molecule has 1 unspecified atom stereocenters. The van der Waals surface area contributed by atoms with Gasteiger partial charge in [0.2, 0.25) is 27.8 Å². The number of sulfonamides is 1. The van der Waals surface area contributed by atoms with Crippen LogP contribution in [0.3, 0.4) is 0 Å². The molecule has 2 amide bonds. The summed E-state index contributed by atoms with van der Waals surface area (Å²) < 4.78 is 29.2. The minimum atomic E-state index is -3.99. The summed E-state index contributed by atoms with van der Waals surface area (Å²) in [6, 6.07) is 9.21. The van der Waals surface area contributed by atoms with Crippen molar-refractivity contribution < 1.29 is 18.0 Å². The molecule has 0 radical (unpaired) electrons. The van der Waals surface area contributed by atoms with E-state index in [0.29, 0.717) is 17.1 Å². The minimum Gasteiger partial charge on any atom is -0.366 e. The first kappa shape index (κ1) is 21.8. The van der Waals surface area contributed by atoms with E-state index in [1.807, 2.05) is 6.92 Å². The van der Waals surface area contributed by atoms with Crippen LogP contribution >= 0.6 is 11.6 Å². The Morgan fingerprint density at radius 2 is 1.87 bits per heavy atom. The zero-order valence-corrected chi connectivity index (χ0v) is 17.8. The topological polar surface area (TPSA) is 136 Å². The van der Waals surface area contributed by atoms with Crippen LogP contribution in [0.2, 0.25) is 5.02 Å². The smallest absolute Gasteiger partial charge is 0.248 e. The molecule has 0 bridgehead atoms. The lowest BCUT2D eigenvalue weighted by molar-refractivity contribution is -0.117. The number of nitrogens with one attached hydrogen (secondary N) is 2. The van der Waals surface area contributed by atoms with Crippen LogP contribution in [0.5, 0.6) is 0 Å². The third-order valence-corrected chi connectivity index (χ3v) is 6.23. The second-order valence-corrected chi connectivity index (χ2v) is 8.68. The van der Waals surface area contributed by atoms with Crippen LogP contribution in [-0.4, -0.2) is 35.8 Å². The number of rotatable bonds is 7. The van der Waals surface area contributed by atoms with Gasteiger partial charge in [0, 0.05) is 17.1 Å². The molecule has 1 aromatic heterocycles. The van der Waals surface area contributed by atoms with Gasteiger partial charge in [0.25, 0.3) is 0 Å².